The summed E-state index contributed by atoms with van der Waals surface area (Å²) < 4.78 is 78.2. The maximum Gasteiger partial charge on any atom is 0.435 e. The number of likely N-dealkylation sites (tertiary alicyclic amines) is 1. The zero-order valence-electron chi connectivity index (χ0n) is 16.9. The van der Waals surface area contributed by atoms with Gasteiger partial charge in [0.25, 0.3) is 0 Å². The molecule has 2 aromatic rings. The predicted molar refractivity (Wildman–Crippen MR) is 102 cm³/mol. The zero-order valence-corrected chi connectivity index (χ0v) is 16.9. The number of anilines is 1. The molecule has 0 radical (unpaired) electrons. The van der Waals surface area contributed by atoms with E-state index in [1.807, 2.05) is 0 Å². The molecule has 1 fully saturated rings. The Morgan fingerprint density at radius 3 is 2.12 bits per heavy atom. The van der Waals surface area contributed by atoms with Gasteiger partial charge in [0, 0.05) is 38.2 Å². The van der Waals surface area contributed by atoms with Crippen LogP contribution in [0.5, 0.6) is 0 Å². The first-order valence-electron chi connectivity index (χ1n) is 9.75. The van der Waals surface area contributed by atoms with Crippen molar-refractivity contribution in [3.05, 3.63) is 41.7 Å². The average molecular weight is 462 g/mol. The van der Waals surface area contributed by atoms with Gasteiger partial charge >= 0.3 is 12.4 Å². The summed E-state index contributed by atoms with van der Waals surface area (Å²) in [6, 6.07) is 4.82. The molecule has 12 heteroatoms. The summed E-state index contributed by atoms with van der Waals surface area (Å²) in [5, 5.41) is 5.69. The van der Waals surface area contributed by atoms with Gasteiger partial charge in [-0.1, -0.05) is 0 Å². The number of hydrogen-bond donors (Lipinski definition) is 1. The molecule has 2 heterocycles. The Morgan fingerprint density at radius 2 is 1.62 bits per heavy atom. The van der Waals surface area contributed by atoms with E-state index in [2.05, 4.69) is 10.4 Å². The number of carbonyl (C=O) groups excluding carboxylic acids is 2. The van der Waals surface area contributed by atoms with Gasteiger partial charge in [0.05, 0.1) is 5.69 Å². The van der Waals surface area contributed by atoms with E-state index in [4.69, 9.17) is 0 Å². The van der Waals surface area contributed by atoms with E-state index in [1.165, 1.54) is 19.1 Å². The lowest BCUT2D eigenvalue weighted by atomic mass is 9.93. The van der Waals surface area contributed by atoms with Crippen molar-refractivity contribution in [1.29, 1.82) is 0 Å². The van der Waals surface area contributed by atoms with Gasteiger partial charge in [-0.05, 0) is 43.0 Å². The number of amides is 2. The summed E-state index contributed by atoms with van der Waals surface area (Å²) in [7, 11) is 0. The molecular weight excluding hydrogens is 442 g/mol. The smallest absolute Gasteiger partial charge is 0.343 e. The molecule has 0 aliphatic carbocycles. The Morgan fingerprint density at radius 1 is 1.03 bits per heavy atom. The molecule has 0 saturated carbocycles. The largest absolute Gasteiger partial charge is 0.435 e. The van der Waals surface area contributed by atoms with Gasteiger partial charge in [0.1, 0.15) is 5.69 Å². The fourth-order valence-electron chi connectivity index (χ4n) is 3.53. The van der Waals surface area contributed by atoms with E-state index in [9.17, 15) is 35.9 Å². The van der Waals surface area contributed by atoms with E-state index < -0.39 is 23.7 Å². The summed E-state index contributed by atoms with van der Waals surface area (Å²) in [6.07, 6.45) is -8.47. The first-order chi connectivity index (χ1) is 14.8. The van der Waals surface area contributed by atoms with Crippen molar-refractivity contribution < 1.29 is 35.9 Å². The second-order valence-electron chi connectivity index (χ2n) is 7.57. The van der Waals surface area contributed by atoms with Crippen LogP contribution in [-0.4, -0.2) is 39.6 Å². The Kier molecular flexibility index (Phi) is 6.51. The van der Waals surface area contributed by atoms with Crippen molar-refractivity contribution >= 4 is 17.5 Å². The topological polar surface area (TPSA) is 67.2 Å². The molecule has 0 spiro atoms. The SMILES string of the molecule is CC(=O)N1CCC(CC(=O)Nc2ccc(-n3nc(C(F)(F)F)cc3C(F)(F)F)cc2)CC1. The molecule has 6 nitrogen and oxygen atoms in total. The van der Waals surface area contributed by atoms with Crippen LogP contribution in [0.15, 0.2) is 30.3 Å². The molecule has 1 aromatic carbocycles. The van der Waals surface area contributed by atoms with Gasteiger partial charge in [-0.2, -0.15) is 31.4 Å². The molecule has 32 heavy (non-hydrogen) atoms. The van der Waals surface area contributed by atoms with Crippen LogP contribution in [0, 0.1) is 5.92 Å². The van der Waals surface area contributed by atoms with Gasteiger partial charge in [-0.15, -0.1) is 0 Å². The van der Waals surface area contributed by atoms with Crippen LogP contribution < -0.4 is 5.32 Å². The molecule has 0 atom stereocenters. The number of halogens is 6. The molecule has 1 aliphatic heterocycles. The van der Waals surface area contributed by atoms with E-state index in [0.29, 0.717) is 25.9 Å². The van der Waals surface area contributed by atoms with Crippen LogP contribution in [0.4, 0.5) is 32.0 Å². The van der Waals surface area contributed by atoms with Crippen LogP contribution in [0.3, 0.4) is 0 Å². The molecule has 0 bridgehead atoms. The summed E-state index contributed by atoms with van der Waals surface area (Å²) in [5.74, 6) is -0.209. The summed E-state index contributed by atoms with van der Waals surface area (Å²) in [4.78, 5) is 25.3. The van der Waals surface area contributed by atoms with E-state index in [-0.39, 0.29) is 46.3 Å². The van der Waals surface area contributed by atoms with E-state index in [0.717, 1.165) is 12.1 Å². The highest BCUT2D eigenvalue weighted by Crippen LogP contribution is 2.36. The van der Waals surface area contributed by atoms with Gasteiger partial charge < -0.3 is 10.2 Å². The minimum absolute atomic E-state index is 0.0128. The molecule has 3 rings (SSSR count). The number of nitrogens with one attached hydrogen (secondary N) is 1. The maximum absolute atomic E-state index is 13.2. The molecule has 1 saturated heterocycles. The predicted octanol–water partition coefficient (Wildman–Crippen LogP) is 4.50. The Hall–Kier alpha value is -3.05. The average Bonchev–Trinajstić information content (AvgIpc) is 3.15. The Labute approximate surface area is 179 Å². The third-order valence-electron chi connectivity index (χ3n) is 5.22. The van der Waals surface area contributed by atoms with Crippen LogP contribution in [-0.2, 0) is 21.9 Å². The van der Waals surface area contributed by atoms with Crippen molar-refractivity contribution in [1.82, 2.24) is 14.7 Å². The normalized spacial score (nSPS) is 15.7. The van der Waals surface area contributed by atoms with Crippen molar-refractivity contribution in [3.63, 3.8) is 0 Å². The third kappa shape index (κ3) is 5.60. The van der Waals surface area contributed by atoms with Crippen molar-refractivity contribution in [2.24, 2.45) is 5.92 Å². The minimum atomic E-state index is -5.04. The molecule has 174 valence electrons. The number of hydrogen-bond acceptors (Lipinski definition) is 3. The van der Waals surface area contributed by atoms with Gasteiger partial charge in [-0.3, -0.25) is 9.59 Å². The van der Waals surface area contributed by atoms with Crippen molar-refractivity contribution in [2.45, 2.75) is 38.5 Å². The number of benzene rings is 1. The number of aromatic nitrogens is 2. The van der Waals surface area contributed by atoms with Gasteiger partial charge in [0.2, 0.25) is 11.8 Å². The molecule has 2 amide bonds. The fourth-order valence-corrected chi connectivity index (χ4v) is 3.53. The molecule has 1 aromatic heterocycles. The lowest BCUT2D eigenvalue weighted by molar-refractivity contribution is -0.143. The third-order valence-corrected chi connectivity index (χ3v) is 5.22. The van der Waals surface area contributed by atoms with Crippen LogP contribution >= 0.6 is 0 Å². The van der Waals surface area contributed by atoms with E-state index >= 15 is 0 Å². The molecule has 1 N–H and O–H groups in total. The number of piperidine rings is 1. The number of carbonyl (C=O) groups is 2. The monoisotopic (exact) mass is 462 g/mol. The van der Waals surface area contributed by atoms with Gasteiger partial charge in [0.15, 0.2) is 5.69 Å². The molecule has 0 unspecified atom stereocenters. The van der Waals surface area contributed by atoms with E-state index in [1.54, 1.807) is 4.90 Å². The maximum atomic E-state index is 13.2. The van der Waals surface area contributed by atoms with Crippen LogP contribution in [0.25, 0.3) is 5.69 Å². The highest BCUT2D eigenvalue weighted by molar-refractivity contribution is 5.91. The van der Waals surface area contributed by atoms with Crippen molar-refractivity contribution in [2.75, 3.05) is 18.4 Å². The number of rotatable bonds is 4. The second kappa shape index (κ2) is 8.83. The van der Waals surface area contributed by atoms with Gasteiger partial charge in [-0.25, -0.2) is 4.68 Å². The highest BCUT2D eigenvalue weighted by atomic mass is 19.4. The zero-order chi connectivity index (χ0) is 23.7. The quantitative estimate of drug-likeness (QED) is 0.681. The van der Waals surface area contributed by atoms with Crippen molar-refractivity contribution in [3.8, 4) is 5.69 Å². The second-order valence-corrected chi connectivity index (χ2v) is 7.57. The summed E-state index contributed by atoms with van der Waals surface area (Å²) in [6.45, 7) is 2.64. The number of nitrogens with zero attached hydrogens (tertiary/aromatic N) is 3. The number of alkyl halides is 6. The lowest BCUT2D eigenvalue weighted by Gasteiger charge is -2.30. The summed E-state index contributed by atoms with van der Waals surface area (Å²) >= 11 is 0. The Balaban J connectivity index is 1.67. The standard InChI is InChI=1S/C20H20F6N4O2/c1-12(31)29-8-6-13(7-9-29)10-18(32)27-14-2-4-15(5-3-14)30-17(20(24,25)26)11-16(28-30)19(21,22)23/h2-5,11,13H,6-10H2,1H3,(H,27,32). The fraction of sp³-hybridized carbons (Fsp3) is 0.450. The molecular formula is C20H20F6N4O2. The lowest BCUT2D eigenvalue weighted by Crippen LogP contribution is -2.37. The molecule has 1 aliphatic rings. The first-order valence-corrected chi connectivity index (χ1v) is 9.75. The van der Waals surface area contributed by atoms with Crippen LogP contribution in [0.1, 0.15) is 37.6 Å². The van der Waals surface area contributed by atoms with Crippen LogP contribution in [0.2, 0.25) is 0 Å². The highest BCUT2D eigenvalue weighted by Gasteiger charge is 2.42. The first kappa shape index (κ1) is 23.6. The summed E-state index contributed by atoms with van der Waals surface area (Å²) in [5.41, 5.74) is -3.16. The minimum Gasteiger partial charge on any atom is -0.343 e. The Bertz CT molecular complexity index is 973.